The molecule has 0 unspecified atom stereocenters. The van der Waals surface area contributed by atoms with Crippen molar-refractivity contribution in [2.75, 3.05) is 18.0 Å². The van der Waals surface area contributed by atoms with Crippen LogP contribution in [0, 0.1) is 0 Å². The van der Waals surface area contributed by atoms with Crippen LogP contribution in [0.5, 0.6) is 0 Å². The Morgan fingerprint density at radius 3 is 2.76 bits per heavy atom. The predicted molar refractivity (Wildman–Crippen MR) is 74.2 cm³/mol. The third-order valence-electron chi connectivity index (χ3n) is 3.30. The highest BCUT2D eigenvalue weighted by molar-refractivity contribution is 6.28. The Hall–Kier alpha value is -2.29. The number of rotatable bonds is 2. The van der Waals surface area contributed by atoms with Crippen molar-refractivity contribution in [3.63, 3.8) is 0 Å². The lowest BCUT2D eigenvalue weighted by Crippen LogP contribution is -2.62. The van der Waals surface area contributed by atoms with E-state index in [1.165, 1.54) is 17.3 Å². The summed E-state index contributed by atoms with van der Waals surface area (Å²) in [7, 11) is 0. The van der Waals surface area contributed by atoms with E-state index in [1.807, 2.05) is 0 Å². The Balaban J connectivity index is 2.04. The largest absolute Gasteiger partial charge is 0.352 e. The van der Waals surface area contributed by atoms with Crippen molar-refractivity contribution in [2.45, 2.75) is 19.4 Å². The number of carbonyl (C=O) groups is 1. The molecule has 0 bridgehead atoms. The molecule has 0 spiro atoms. The van der Waals surface area contributed by atoms with Crippen LogP contribution in [0.3, 0.4) is 0 Å². The van der Waals surface area contributed by atoms with Gasteiger partial charge in [0.15, 0.2) is 0 Å². The lowest BCUT2D eigenvalue weighted by atomic mass is 10.00. The number of piperazine rings is 1. The summed E-state index contributed by atoms with van der Waals surface area (Å²) in [6.45, 7) is 4.70. The molecule has 0 radical (unpaired) electrons. The summed E-state index contributed by atoms with van der Waals surface area (Å²) in [6, 6.07) is 0. The van der Waals surface area contributed by atoms with Crippen molar-refractivity contribution < 1.29 is 4.79 Å². The van der Waals surface area contributed by atoms with Gasteiger partial charge in [-0.1, -0.05) is 0 Å². The number of carbonyl (C=O) groups excluding carboxylic acids is 1. The molecule has 0 aliphatic carbocycles. The van der Waals surface area contributed by atoms with Gasteiger partial charge in [-0.05, 0) is 25.4 Å². The summed E-state index contributed by atoms with van der Waals surface area (Å²) in [5, 5.41) is 6.81. The molecule has 10 heteroatoms. The molecule has 3 heterocycles. The fourth-order valence-electron chi connectivity index (χ4n) is 2.11. The topological polar surface area (TPSA) is 102 Å². The number of hydrogen-bond donors (Lipinski definition) is 1. The van der Waals surface area contributed by atoms with Gasteiger partial charge < -0.3 is 10.2 Å². The van der Waals surface area contributed by atoms with E-state index in [0.29, 0.717) is 19.0 Å². The third kappa shape index (κ3) is 2.40. The summed E-state index contributed by atoms with van der Waals surface area (Å²) in [6.07, 6.45) is 2.83. The first-order chi connectivity index (χ1) is 9.98. The molecule has 1 N–H and O–H groups in total. The minimum absolute atomic E-state index is 0.0345. The molecule has 2 aromatic rings. The highest BCUT2D eigenvalue weighted by Gasteiger charge is 2.39. The summed E-state index contributed by atoms with van der Waals surface area (Å²) in [4.78, 5) is 30.1. The van der Waals surface area contributed by atoms with Gasteiger partial charge in [0.05, 0.1) is 0 Å². The van der Waals surface area contributed by atoms with Crippen LogP contribution < -0.4 is 10.2 Å². The normalized spacial score (nSPS) is 17.7. The van der Waals surface area contributed by atoms with Gasteiger partial charge >= 0.3 is 0 Å². The molecule has 9 nitrogen and oxygen atoms in total. The van der Waals surface area contributed by atoms with Crippen molar-refractivity contribution in [3.05, 3.63) is 17.9 Å². The number of nitrogens with one attached hydrogen (secondary N) is 1. The van der Waals surface area contributed by atoms with E-state index < -0.39 is 5.54 Å². The van der Waals surface area contributed by atoms with E-state index in [0.717, 1.165) is 0 Å². The van der Waals surface area contributed by atoms with Crippen LogP contribution in [0.2, 0.25) is 5.28 Å². The number of aromatic nitrogens is 6. The van der Waals surface area contributed by atoms with Crippen LogP contribution in [0.4, 0.5) is 5.95 Å². The smallest absolute Gasteiger partial charge is 0.258 e. The van der Waals surface area contributed by atoms with Crippen LogP contribution in [-0.4, -0.2) is 54.3 Å². The zero-order valence-corrected chi connectivity index (χ0v) is 12.2. The van der Waals surface area contributed by atoms with E-state index in [-0.39, 0.29) is 17.1 Å². The van der Waals surface area contributed by atoms with Gasteiger partial charge in [0, 0.05) is 13.1 Å². The Bertz CT molecular complexity index is 671. The number of amides is 1. The first kappa shape index (κ1) is 13.7. The maximum atomic E-state index is 12.0. The van der Waals surface area contributed by atoms with E-state index in [9.17, 15) is 4.79 Å². The highest BCUT2D eigenvalue weighted by atomic mass is 35.5. The first-order valence-electron chi connectivity index (χ1n) is 6.31. The second-order valence-corrected chi connectivity index (χ2v) is 5.35. The van der Waals surface area contributed by atoms with Crippen LogP contribution in [-0.2, 0) is 4.79 Å². The summed E-state index contributed by atoms with van der Waals surface area (Å²) >= 11 is 5.96. The Morgan fingerprint density at radius 2 is 2.05 bits per heavy atom. The molecular weight excluding hydrogens is 296 g/mol. The van der Waals surface area contributed by atoms with Gasteiger partial charge in [0.2, 0.25) is 17.1 Å². The fourth-order valence-corrected chi connectivity index (χ4v) is 2.26. The second-order valence-electron chi connectivity index (χ2n) is 5.01. The third-order valence-corrected chi connectivity index (χ3v) is 3.47. The minimum atomic E-state index is -0.775. The van der Waals surface area contributed by atoms with E-state index in [2.05, 4.69) is 30.4 Å². The second kappa shape index (κ2) is 4.92. The summed E-state index contributed by atoms with van der Waals surface area (Å²) in [5.74, 6) is 0.497. The summed E-state index contributed by atoms with van der Waals surface area (Å²) < 4.78 is 1.38. The van der Waals surface area contributed by atoms with Gasteiger partial charge in [0.25, 0.3) is 5.95 Å². The van der Waals surface area contributed by atoms with E-state index in [4.69, 9.17) is 11.6 Å². The number of anilines is 1. The average molecular weight is 309 g/mol. The number of hydrogen-bond acceptors (Lipinski definition) is 7. The zero-order valence-electron chi connectivity index (χ0n) is 11.5. The quantitative estimate of drug-likeness (QED) is 0.821. The van der Waals surface area contributed by atoms with Crippen molar-refractivity contribution in [3.8, 4) is 5.95 Å². The minimum Gasteiger partial charge on any atom is -0.352 e. The molecule has 0 saturated carbocycles. The van der Waals surface area contributed by atoms with Gasteiger partial charge in [-0.15, -0.1) is 0 Å². The van der Waals surface area contributed by atoms with Crippen LogP contribution in [0.1, 0.15) is 13.8 Å². The molecule has 1 saturated heterocycles. The molecule has 21 heavy (non-hydrogen) atoms. The van der Waals surface area contributed by atoms with Gasteiger partial charge in [-0.3, -0.25) is 4.79 Å². The maximum absolute atomic E-state index is 12.0. The van der Waals surface area contributed by atoms with Gasteiger partial charge in [0.1, 0.15) is 18.2 Å². The molecule has 1 aliphatic rings. The monoisotopic (exact) mass is 308 g/mol. The average Bonchev–Trinajstić information content (AvgIpc) is 2.95. The van der Waals surface area contributed by atoms with E-state index in [1.54, 1.807) is 18.7 Å². The van der Waals surface area contributed by atoms with Crippen LogP contribution >= 0.6 is 11.6 Å². The molecular formula is C11H13ClN8O. The standard InChI is InChI=1S/C11H13ClN8O/c1-11(2)7(21)14-3-4-19(11)9-16-8(12)17-10(18-9)20-6-13-5-15-20/h5-6H,3-4H2,1-2H3,(H,14,21). The fraction of sp³-hybridized carbons (Fsp3) is 0.455. The van der Waals surface area contributed by atoms with Crippen LogP contribution in [0.15, 0.2) is 12.7 Å². The lowest BCUT2D eigenvalue weighted by molar-refractivity contribution is -0.126. The molecule has 1 amide bonds. The van der Waals surface area contributed by atoms with E-state index >= 15 is 0 Å². The molecule has 1 fully saturated rings. The zero-order chi connectivity index (χ0) is 15.0. The Kier molecular flexibility index (Phi) is 3.20. The Labute approximate surface area is 125 Å². The van der Waals surface area contributed by atoms with Crippen molar-refractivity contribution >= 4 is 23.5 Å². The van der Waals surface area contributed by atoms with Crippen molar-refractivity contribution in [2.24, 2.45) is 0 Å². The molecule has 0 aromatic carbocycles. The SMILES string of the molecule is CC1(C)C(=O)NCCN1c1nc(Cl)nc(-n2cncn2)n1. The molecule has 1 aliphatic heterocycles. The van der Waals surface area contributed by atoms with Crippen LogP contribution in [0.25, 0.3) is 5.95 Å². The number of nitrogens with zero attached hydrogens (tertiary/aromatic N) is 7. The predicted octanol–water partition coefficient (Wildman–Crippen LogP) is -0.180. The van der Waals surface area contributed by atoms with Crippen molar-refractivity contribution in [1.82, 2.24) is 35.0 Å². The molecule has 110 valence electrons. The highest BCUT2D eigenvalue weighted by Crippen LogP contribution is 2.24. The molecule has 3 rings (SSSR count). The molecule has 2 aromatic heterocycles. The lowest BCUT2D eigenvalue weighted by Gasteiger charge is -2.41. The first-order valence-corrected chi connectivity index (χ1v) is 6.69. The number of halogens is 1. The maximum Gasteiger partial charge on any atom is 0.258 e. The van der Waals surface area contributed by atoms with Gasteiger partial charge in [-0.25, -0.2) is 4.98 Å². The van der Waals surface area contributed by atoms with Gasteiger partial charge in [-0.2, -0.15) is 24.7 Å². The Morgan fingerprint density at radius 1 is 1.29 bits per heavy atom. The molecule has 0 atom stereocenters. The van der Waals surface area contributed by atoms with Crippen molar-refractivity contribution in [1.29, 1.82) is 0 Å². The summed E-state index contributed by atoms with van der Waals surface area (Å²) in [5.41, 5.74) is -0.775.